The minimum atomic E-state index is -1.13. The molecule has 1 amide bonds. The van der Waals surface area contributed by atoms with Gasteiger partial charge >= 0.3 is 0 Å². The zero-order valence-electron chi connectivity index (χ0n) is 9.61. The lowest BCUT2D eigenvalue weighted by Crippen LogP contribution is -2.48. The van der Waals surface area contributed by atoms with E-state index in [-0.39, 0.29) is 17.7 Å². The van der Waals surface area contributed by atoms with Gasteiger partial charge in [0.05, 0.1) is 12.7 Å². The number of pyridine rings is 1. The third-order valence-electron chi connectivity index (χ3n) is 2.09. The average Bonchev–Trinajstić information content (AvgIpc) is 2.29. The molecule has 6 nitrogen and oxygen atoms in total. The lowest BCUT2D eigenvalue weighted by Gasteiger charge is -2.21. The summed E-state index contributed by atoms with van der Waals surface area (Å²) in [6, 6.07) is 4.41. The van der Waals surface area contributed by atoms with Crippen LogP contribution in [0.1, 0.15) is 17.4 Å². The number of amides is 1. The fourth-order valence-electron chi connectivity index (χ4n) is 1.28. The third-order valence-corrected chi connectivity index (χ3v) is 2.09. The summed E-state index contributed by atoms with van der Waals surface area (Å²) in [4.78, 5) is 25.5. The van der Waals surface area contributed by atoms with Gasteiger partial charge in [0.1, 0.15) is 11.2 Å². The second-order valence-corrected chi connectivity index (χ2v) is 3.77. The molecule has 0 spiro atoms. The summed E-state index contributed by atoms with van der Waals surface area (Å²) in [6.45, 7) is 1.60. The standard InChI is InChI=1S/C11H13N3O3/c1-11(6-12,7-17-2)14-10(16)9-5-8(15)3-4-13-9/h3-5H,7H2,1-2H3,(H,13,15)(H,14,16). The number of carbonyl (C=O) groups excluding carboxylic acids is 1. The van der Waals surface area contributed by atoms with Gasteiger partial charge in [-0.1, -0.05) is 0 Å². The molecule has 1 aromatic heterocycles. The first kappa shape index (κ1) is 12.9. The maximum Gasteiger partial charge on any atom is 0.269 e. The van der Waals surface area contributed by atoms with Gasteiger partial charge in [-0.15, -0.1) is 0 Å². The summed E-state index contributed by atoms with van der Waals surface area (Å²) in [5.41, 5.74) is -1.30. The molecule has 0 saturated heterocycles. The van der Waals surface area contributed by atoms with Gasteiger partial charge in [0, 0.05) is 25.4 Å². The summed E-state index contributed by atoms with van der Waals surface area (Å²) in [6.07, 6.45) is 1.37. The Morgan fingerprint density at radius 2 is 2.41 bits per heavy atom. The van der Waals surface area contributed by atoms with E-state index in [2.05, 4.69) is 10.3 Å². The molecule has 90 valence electrons. The number of rotatable bonds is 4. The van der Waals surface area contributed by atoms with E-state index < -0.39 is 11.4 Å². The molecule has 0 saturated carbocycles. The van der Waals surface area contributed by atoms with Crippen molar-refractivity contribution in [3.8, 4) is 6.07 Å². The minimum Gasteiger partial charge on any atom is -0.381 e. The molecule has 0 aliphatic heterocycles. The predicted molar refractivity (Wildman–Crippen MR) is 60.4 cm³/mol. The smallest absolute Gasteiger partial charge is 0.269 e. The Bertz CT molecular complexity index is 503. The SMILES string of the molecule is COCC(C)(C#N)NC(=O)c1cc(=O)cc[nH]1. The number of nitrogens with zero attached hydrogens (tertiary/aromatic N) is 1. The number of H-pyrrole nitrogens is 1. The lowest BCUT2D eigenvalue weighted by molar-refractivity contribution is 0.0855. The van der Waals surface area contributed by atoms with Crippen LogP contribution < -0.4 is 10.7 Å². The average molecular weight is 235 g/mol. The lowest BCUT2D eigenvalue weighted by atomic mass is 10.1. The third kappa shape index (κ3) is 3.43. The van der Waals surface area contributed by atoms with Crippen LogP contribution in [0.4, 0.5) is 0 Å². The van der Waals surface area contributed by atoms with Crippen molar-refractivity contribution >= 4 is 5.91 Å². The van der Waals surface area contributed by atoms with Gasteiger partial charge in [0.2, 0.25) is 0 Å². The number of carbonyl (C=O) groups is 1. The van der Waals surface area contributed by atoms with Crippen LogP contribution >= 0.6 is 0 Å². The monoisotopic (exact) mass is 235 g/mol. The molecule has 17 heavy (non-hydrogen) atoms. The van der Waals surface area contributed by atoms with Crippen molar-refractivity contribution in [3.05, 3.63) is 34.2 Å². The molecule has 0 radical (unpaired) electrons. The van der Waals surface area contributed by atoms with Crippen LogP contribution in [-0.2, 0) is 4.74 Å². The fraction of sp³-hybridized carbons (Fsp3) is 0.364. The van der Waals surface area contributed by atoms with Crippen LogP contribution in [0, 0.1) is 11.3 Å². The van der Waals surface area contributed by atoms with Crippen molar-refractivity contribution in [1.29, 1.82) is 5.26 Å². The Hall–Kier alpha value is -2.13. The molecule has 1 atom stereocenters. The van der Waals surface area contributed by atoms with E-state index in [9.17, 15) is 9.59 Å². The molecule has 0 aliphatic rings. The van der Waals surface area contributed by atoms with E-state index in [4.69, 9.17) is 10.00 Å². The van der Waals surface area contributed by atoms with Crippen LogP contribution in [0.25, 0.3) is 0 Å². The number of hydrogen-bond acceptors (Lipinski definition) is 4. The quantitative estimate of drug-likeness (QED) is 0.769. The van der Waals surface area contributed by atoms with Crippen molar-refractivity contribution in [2.45, 2.75) is 12.5 Å². The molecule has 1 unspecified atom stereocenters. The highest BCUT2D eigenvalue weighted by atomic mass is 16.5. The molecule has 0 fully saturated rings. The topological polar surface area (TPSA) is 95.0 Å². The Morgan fingerprint density at radius 3 is 2.94 bits per heavy atom. The number of aromatic nitrogens is 1. The first-order chi connectivity index (χ1) is 8.00. The Morgan fingerprint density at radius 1 is 1.71 bits per heavy atom. The van der Waals surface area contributed by atoms with Crippen LogP contribution in [0.2, 0.25) is 0 Å². The maximum atomic E-state index is 11.8. The minimum absolute atomic E-state index is 0.0618. The predicted octanol–water partition coefficient (Wildman–Crippen LogP) is 0.0334. The first-order valence-electron chi connectivity index (χ1n) is 4.92. The Kier molecular flexibility index (Phi) is 4.01. The summed E-state index contributed by atoms with van der Waals surface area (Å²) >= 11 is 0. The number of methoxy groups -OCH3 is 1. The molecule has 0 bridgehead atoms. The largest absolute Gasteiger partial charge is 0.381 e. The number of nitrogens with one attached hydrogen (secondary N) is 2. The van der Waals surface area contributed by atoms with Crippen molar-refractivity contribution in [3.63, 3.8) is 0 Å². The van der Waals surface area contributed by atoms with Crippen molar-refractivity contribution in [1.82, 2.24) is 10.3 Å². The van der Waals surface area contributed by atoms with Crippen molar-refractivity contribution in [2.75, 3.05) is 13.7 Å². The number of nitriles is 1. The highest BCUT2D eigenvalue weighted by molar-refractivity contribution is 5.92. The first-order valence-corrected chi connectivity index (χ1v) is 4.92. The van der Waals surface area contributed by atoms with Gasteiger partial charge in [-0.2, -0.15) is 5.26 Å². The highest BCUT2D eigenvalue weighted by Crippen LogP contribution is 2.03. The van der Waals surface area contributed by atoms with E-state index in [0.29, 0.717) is 0 Å². The Labute approximate surface area is 98.2 Å². The van der Waals surface area contributed by atoms with E-state index in [1.165, 1.54) is 32.4 Å². The summed E-state index contributed by atoms with van der Waals surface area (Å²) < 4.78 is 4.85. The van der Waals surface area contributed by atoms with Crippen LogP contribution in [0.5, 0.6) is 0 Å². The van der Waals surface area contributed by atoms with Crippen LogP contribution in [0.3, 0.4) is 0 Å². The van der Waals surface area contributed by atoms with E-state index in [1.54, 1.807) is 0 Å². The second kappa shape index (κ2) is 5.27. The molecular formula is C11H13N3O3. The van der Waals surface area contributed by atoms with E-state index in [0.717, 1.165) is 0 Å². The van der Waals surface area contributed by atoms with Gasteiger partial charge in [0.15, 0.2) is 5.43 Å². The molecule has 2 N–H and O–H groups in total. The number of ether oxygens (including phenoxy) is 1. The number of aromatic amines is 1. The Balaban J connectivity index is 2.86. The molecule has 6 heteroatoms. The maximum absolute atomic E-state index is 11.8. The zero-order chi connectivity index (χ0) is 12.9. The van der Waals surface area contributed by atoms with Crippen LogP contribution in [-0.4, -0.2) is 30.1 Å². The molecule has 1 rings (SSSR count). The normalized spacial score (nSPS) is 13.5. The van der Waals surface area contributed by atoms with Gasteiger partial charge < -0.3 is 15.0 Å². The van der Waals surface area contributed by atoms with Gasteiger partial charge in [-0.05, 0) is 6.92 Å². The van der Waals surface area contributed by atoms with Crippen molar-refractivity contribution in [2.24, 2.45) is 0 Å². The summed E-state index contributed by atoms with van der Waals surface area (Å²) in [5, 5.41) is 11.4. The zero-order valence-corrected chi connectivity index (χ0v) is 9.61. The summed E-state index contributed by atoms with van der Waals surface area (Å²) in [5.74, 6) is -0.524. The molecule has 0 aromatic carbocycles. The highest BCUT2D eigenvalue weighted by Gasteiger charge is 2.26. The van der Waals surface area contributed by atoms with Crippen molar-refractivity contribution < 1.29 is 9.53 Å². The van der Waals surface area contributed by atoms with E-state index >= 15 is 0 Å². The van der Waals surface area contributed by atoms with Gasteiger partial charge in [0.25, 0.3) is 5.91 Å². The molecular weight excluding hydrogens is 222 g/mol. The summed E-state index contributed by atoms with van der Waals surface area (Å²) in [7, 11) is 1.44. The van der Waals surface area contributed by atoms with Crippen LogP contribution in [0.15, 0.2) is 23.1 Å². The number of hydrogen-bond donors (Lipinski definition) is 2. The van der Waals surface area contributed by atoms with Gasteiger partial charge in [-0.3, -0.25) is 9.59 Å². The molecule has 0 aliphatic carbocycles. The second-order valence-electron chi connectivity index (χ2n) is 3.77. The molecule has 1 aromatic rings. The van der Waals surface area contributed by atoms with Gasteiger partial charge in [-0.25, -0.2) is 0 Å². The van der Waals surface area contributed by atoms with E-state index in [1.807, 2.05) is 6.07 Å². The molecule has 1 heterocycles. The fourth-order valence-corrected chi connectivity index (χ4v) is 1.28.